The quantitative estimate of drug-likeness (QED) is 0.673. The van der Waals surface area contributed by atoms with Gasteiger partial charge in [0, 0.05) is 6.07 Å². The monoisotopic (exact) mass is 154 g/mol. The lowest BCUT2D eigenvalue weighted by molar-refractivity contribution is 0.195. The molecule has 0 saturated carbocycles. The van der Waals surface area contributed by atoms with Crippen molar-refractivity contribution in [2.45, 2.75) is 6.92 Å². The second-order valence-electron chi connectivity index (χ2n) is 2.09. The van der Waals surface area contributed by atoms with E-state index < -0.39 is 0 Å². The summed E-state index contributed by atoms with van der Waals surface area (Å²) in [6.07, 6.45) is 0. The van der Waals surface area contributed by atoms with Gasteiger partial charge in [0.05, 0.1) is 12.3 Å². The molecule has 0 bridgehead atoms. The Balaban J connectivity index is 2.52. The molecule has 1 heterocycles. The first-order chi connectivity index (χ1) is 5.33. The van der Waals surface area contributed by atoms with Gasteiger partial charge in [-0.3, -0.25) is 0 Å². The van der Waals surface area contributed by atoms with Crippen LogP contribution in [0.2, 0.25) is 0 Å². The van der Waals surface area contributed by atoms with E-state index in [-0.39, 0.29) is 13.2 Å². The Hall–Kier alpha value is -1.16. The average Bonchev–Trinajstić information content (AvgIpc) is 2.04. The largest absolute Gasteiger partial charge is 0.474 e. The predicted molar refractivity (Wildman–Crippen MR) is 39.3 cm³/mol. The summed E-state index contributed by atoms with van der Waals surface area (Å²) in [4.78, 5) is 0. The van der Waals surface area contributed by atoms with Gasteiger partial charge >= 0.3 is 0 Å². The van der Waals surface area contributed by atoms with Crippen molar-refractivity contribution in [3.05, 3.63) is 17.8 Å². The molecular weight excluding hydrogens is 144 g/mol. The molecule has 0 saturated heterocycles. The Morgan fingerprint density at radius 3 is 2.82 bits per heavy atom. The van der Waals surface area contributed by atoms with Crippen molar-refractivity contribution in [3.63, 3.8) is 0 Å². The van der Waals surface area contributed by atoms with Crippen LogP contribution >= 0.6 is 0 Å². The topological polar surface area (TPSA) is 55.2 Å². The van der Waals surface area contributed by atoms with Gasteiger partial charge in [-0.25, -0.2) is 0 Å². The van der Waals surface area contributed by atoms with Gasteiger partial charge in [-0.15, -0.1) is 5.10 Å². The molecule has 0 aliphatic rings. The van der Waals surface area contributed by atoms with Gasteiger partial charge in [0.15, 0.2) is 0 Å². The first-order valence-electron chi connectivity index (χ1n) is 3.37. The zero-order valence-electron chi connectivity index (χ0n) is 6.32. The van der Waals surface area contributed by atoms with Crippen LogP contribution in [0.5, 0.6) is 5.88 Å². The lowest BCUT2D eigenvalue weighted by Gasteiger charge is -2.00. The molecule has 0 spiro atoms. The fourth-order valence-corrected chi connectivity index (χ4v) is 0.614. The van der Waals surface area contributed by atoms with Crippen LogP contribution in [0, 0.1) is 6.92 Å². The van der Waals surface area contributed by atoms with Crippen molar-refractivity contribution < 1.29 is 9.84 Å². The van der Waals surface area contributed by atoms with Gasteiger partial charge < -0.3 is 9.84 Å². The van der Waals surface area contributed by atoms with Crippen molar-refractivity contribution in [2.24, 2.45) is 0 Å². The molecule has 1 rings (SSSR count). The molecule has 0 unspecified atom stereocenters. The maximum absolute atomic E-state index is 8.41. The van der Waals surface area contributed by atoms with E-state index in [1.54, 1.807) is 12.1 Å². The van der Waals surface area contributed by atoms with E-state index in [1.807, 2.05) is 6.92 Å². The van der Waals surface area contributed by atoms with Gasteiger partial charge in [0.2, 0.25) is 5.88 Å². The van der Waals surface area contributed by atoms with Crippen molar-refractivity contribution in [3.8, 4) is 5.88 Å². The second kappa shape index (κ2) is 3.88. The molecular formula is C7H10N2O2. The van der Waals surface area contributed by atoms with Crippen molar-refractivity contribution in [1.29, 1.82) is 0 Å². The first kappa shape index (κ1) is 7.94. The summed E-state index contributed by atoms with van der Waals surface area (Å²) in [5.41, 5.74) is 0.848. The number of aryl methyl sites for hydroxylation is 1. The molecule has 1 aromatic heterocycles. The molecule has 4 nitrogen and oxygen atoms in total. The molecule has 4 heteroatoms. The summed E-state index contributed by atoms with van der Waals surface area (Å²) in [5.74, 6) is 0.449. The van der Waals surface area contributed by atoms with Crippen LogP contribution in [0.3, 0.4) is 0 Å². The lowest BCUT2D eigenvalue weighted by Crippen LogP contribution is -2.03. The minimum atomic E-state index is -0.00441. The smallest absolute Gasteiger partial charge is 0.233 e. The fourth-order valence-electron chi connectivity index (χ4n) is 0.614. The normalized spacial score (nSPS) is 9.64. The van der Waals surface area contributed by atoms with Crippen LogP contribution < -0.4 is 4.74 Å². The molecule has 1 N–H and O–H groups in total. The summed E-state index contributed by atoms with van der Waals surface area (Å²) in [6.45, 7) is 2.11. The van der Waals surface area contributed by atoms with Crippen LogP contribution in [0.1, 0.15) is 5.69 Å². The third-order valence-corrected chi connectivity index (χ3v) is 1.11. The molecule has 0 aliphatic carbocycles. The van der Waals surface area contributed by atoms with E-state index in [0.29, 0.717) is 5.88 Å². The first-order valence-corrected chi connectivity index (χ1v) is 3.37. The van der Waals surface area contributed by atoms with E-state index in [9.17, 15) is 0 Å². The van der Waals surface area contributed by atoms with Gasteiger partial charge in [-0.1, -0.05) is 0 Å². The van der Waals surface area contributed by atoms with Crippen molar-refractivity contribution in [2.75, 3.05) is 13.2 Å². The standard InChI is InChI=1S/C7H10N2O2/c1-6-2-3-7(9-8-6)11-5-4-10/h2-3,10H,4-5H2,1H3. The van der Waals surface area contributed by atoms with Crippen LogP contribution in [0.15, 0.2) is 12.1 Å². The summed E-state index contributed by atoms with van der Waals surface area (Å²) in [6, 6.07) is 3.53. The Labute approximate surface area is 64.8 Å². The highest BCUT2D eigenvalue weighted by Crippen LogP contribution is 2.02. The molecule has 0 aromatic carbocycles. The molecule has 0 fully saturated rings. The summed E-state index contributed by atoms with van der Waals surface area (Å²) in [7, 11) is 0. The Kier molecular flexibility index (Phi) is 2.80. The molecule has 11 heavy (non-hydrogen) atoms. The molecule has 0 atom stereocenters. The number of aliphatic hydroxyl groups is 1. The highest BCUT2D eigenvalue weighted by molar-refractivity contribution is 5.09. The number of rotatable bonds is 3. The number of hydrogen-bond acceptors (Lipinski definition) is 4. The second-order valence-corrected chi connectivity index (χ2v) is 2.09. The maximum Gasteiger partial charge on any atom is 0.233 e. The van der Waals surface area contributed by atoms with Gasteiger partial charge in [-0.05, 0) is 13.0 Å². The van der Waals surface area contributed by atoms with Gasteiger partial charge in [0.1, 0.15) is 6.61 Å². The number of aromatic nitrogens is 2. The third kappa shape index (κ3) is 2.51. The predicted octanol–water partition coefficient (Wildman–Crippen LogP) is 0.156. The Morgan fingerprint density at radius 1 is 1.45 bits per heavy atom. The summed E-state index contributed by atoms with van der Waals surface area (Å²) < 4.78 is 4.99. The SMILES string of the molecule is Cc1ccc(OCCO)nn1. The molecule has 1 aromatic rings. The number of ether oxygens (including phenoxy) is 1. The van der Waals surface area contributed by atoms with Crippen molar-refractivity contribution >= 4 is 0 Å². The molecule has 0 radical (unpaired) electrons. The van der Waals surface area contributed by atoms with E-state index >= 15 is 0 Å². The fraction of sp³-hybridized carbons (Fsp3) is 0.429. The third-order valence-electron chi connectivity index (χ3n) is 1.11. The van der Waals surface area contributed by atoms with Crippen LogP contribution in [-0.4, -0.2) is 28.5 Å². The Bertz CT molecular complexity index is 210. The van der Waals surface area contributed by atoms with E-state index in [0.717, 1.165) is 5.69 Å². The van der Waals surface area contributed by atoms with E-state index in [4.69, 9.17) is 9.84 Å². The Morgan fingerprint density at radius 2 is 2.27 bits per heavy atom. The van der Waals surface area contributed by atoms with E-state index in [2.05, 4.69) is 10.2 Å². The zero-order valence-corrected chi connectivity index (χ0v) is 6.32. The number of hydrogen-bond donors (Lipinski definition) is 1. The van der Waals surface area contributed by atoms with E-state index in [1.165, 1.54) is 0 Å². The highest BCUT2D eigenvalue weighted by atomic mass is 16.5. The zero-order chi connectivity index (χ0) is 8.10. The molecule has 60 valence electrons. The van der Waals surface area contributed by atoms with Gasteiger partial charge in [-0.2, -0.15) is 5.10 Å². The molecule has 0 amide bonds. The molecule has 0 aliphatic heterocycles. The summed E-state index contributed by atoms with van der Waals surface area (Å²) >= 11 is 0. The van der Waals surface area contributed by atoms with Crippen molar-refractivity contribution in [1.82, 2.24) is 10.2 Å². The minimum absolute atomic E-state index is 0.00441. The number of aliphatic hydroxyl groups excluding tert-OH is 1. The van der Waals surface area contributed by atoms with Crippen LogP contribution in [0.4, 0.5) is 0 Å². The lowest BCUT2D eigenvalue weighted by atomic mass is 10.4. The van der Waals surface area contributed by atoms with Gasteiger partial charge in [0.25, 0.3) is 0 Å². The number of nitrogens with zero attached hydrogens (tertiary/aromatic N) is 2. The maximum atomic E-state index is 8.41. The minimum Gasteiger partial charge on any atom is -0.474 e. The summed E-state index contributed by atoms with van der Waals surface area (Å²) in [5, 5.41) is 15.9. The van der Waals surface area contributed by atoms with Crippen LogP contribution in [0.25, 0.3) is 0 Å². The highest BCUT2D eigenvalue weighted by Gasteiger charge is 1.93. The van der Waals surface area contributed by atoms with Crippen LogP contribution in [-0.2, 0) is 0 Å². The average molecular weight is 154 g/mol.